The molecule has 2 aromatic heterocycles. The maximum Gasteiger partial charge on any atom is 0.297 e. The van der Waals surface area contributed by atoms with E-state index in [0.717, 1.165) is 29.1 Å². The van der Waals surface area contributed by atoms with Crippen LogP contribution in [0.1, 0.15) is 18.5 Å². The minimum Gasteiger partial charge on any atom is -0.493 e. The first-order valence-electron chi connectivity index (χ1n) is 13.6. The first-order chi connectivity index (χ1) is 19.9. The standard InChI is InChI=1S/C31H33N5O4S/c1-19-28(30(37)36(34(19)2)24-9-7-6-8-10-24)33-31-35(32-17-23-14-20-11-12-21(23)13-20)25(18-41-31)22-15-26(38-3)29(40-5)27(16-22)39-4/h6-12,15-18,20-21,23H,13-14H2,1-5H3. The second kappa shape index (κ2) is 10.9. The molecule has 3 atom stereocenters. The molecule has 10 heteroatoms. The van der Waals surface area contributed by atoms with Gasteiger partial charge in [0.15, 0.2) is 17.2 Å². The van der Waals surface area contributed by atoms with Crippen molar-refractivity contribution in [2.45, 2.75) is 19.8 Å². The van der Waals surface area contributed by atoms with Gasteiger partial charge in [-0.3, -0.25) is 9.48 Å². The van der Waals surface area contributed by atoms with Crippen LogP contribution in [-0.4, -0.2) is 41.6 Å². The van der Waals surface area contributed by atoms with Gasteiger partial charge in [-0.1, -0.05) is 30.4 Å². The predicted molar refractivity (Wildman–Crippen MR) is 161 cm³/mol. The van der Waals surface area contributed by atoms with Crippen molar-refractivity contribution in [1.29, 1.82) is 0 Å². The number of hydrogen-bond acceptors (Lipinski definition) is 7. The molecular formula is C31H33N5O4S. The third-order valence-corrected chi connectivity index (χ3v) is 8.90. The van der Waals surface area contributed by atoms with Gasteiger partial charge in [-0.25, -0.2) is 14.4 Å². The van der Waals surface area contributed by atoms with E-state index in [1.54, 1.807) is 26.0 Å². The van der Waals surface area contributed by atoms with Crippen LogP contribution in [0.3, 0.4) is 0 Å². The molecule has 1 saturated carbocycles. The van der Waals surface area contributed by atoms with Gasteiger partial charge in [0.25, 0.3) is 5.56 Å². The van der Waals surface area contributed by atoms with Crippen LogP contribution in [0.4, 0.5) is 5.69 Å². The van der Waals surface area contributed by atoms with E-state index in [-0.39, 0.29) is 5.56 Å². The van der Waals surface area contributed by atoms with Gasteiger partial charge >= 0.3 is 0 Å². The molecule has 4 aromatic rings. The van der Waals surface area contributed by atoms with Crippen LogP contribution in [0.5, 0.6) is 17.2 Å². The van der Waals surface area contributed by atoms with E-state index in [0.29, 0.717) is 45.5 Å². The molecule has 0 saturated heterocycles. The van der Waals surface area contributed by atoms with Gasteiger partial charge in [0.1, 0.15) is 0 Å². The van der Waals surface area contributed by atoms with Crippen LogP contribution in [0, 0.1) is 24.7 Å². The largest absolute Gasteiger partial charge is 0.493 e. The molecule has 2 bridgehead atoms. The summed E-state index contributed by atoms with van der Waals surface area (Å²) in [5.41, 5.74) is 3.36. The SMILES string of the molecule is COc1cc(-c2csc(=Nc3c(C)n(C)n(-c4ccccc4)c3=O)n2N=CC2CC3C=CC2C3)cc(OC)c1OC. The van der Waals surface area contributed by atoms with Crippen molar-refractivity contribution in [2.24, 2.45) is 34.9 Å². The van der Waals surface area contributed by atoms with Crippen molar-refractivity contribution in [3.05, 3.63) is 80.8 Å². The van der Waals surface area contributed by atoms with Gasteiger partial charge in [0.05, 0.1) is 38.4 Å². The zero-order valence-corrected chi connectivity index (χ0v) is 24.6. The Hall–Kier alpha value is -4.31. The topological polar surface area (TPSA) is 84.3 Å². The lowest BCUT2D eigenvalue weighted by Gasteiger charge is -2.15. The molecule has 3 unspecified atom stereocenters. The van der Waals surface area contributed by atoms with Gasteiger partial charge in [-0.05, 0) is 55.9 Å². The molecule has 0 N–H and O–H groups in total. The molecule has 2 aliphatic rings. The maximum atomic E-state index is 13.6. The fraction of sp³-hybridized carbons (Fsp3) is 0.323. The fourth-order valence-electron chi connectivity index (χ4n) is 5.84. The number of hydrogen-bond donors (Lipinski definition) is 0. The van der Waals surface area contributed by atoms with E-state index in [2.05, 4.69) is 12.2 Å². The summed E-state index contributed by atoms with van der Waals surface area (Å²) in [5, 5.41) is 6.98. The quantitative estimate of drug-likeness (QED) is 0.212. The molecule has 212 valence electrons. The first kappa shape index (κ1) is 26.9. The Morgan fingerprint density at radius 2 is 1.73 bits per heavy atom. The number of allylic oxidation sites excluding steroid dienone is 2. The van der Waals surface area contributed by atoms with Gasteiger partial charge in [0, 0.05) is 30.1 Å². The molecule has 2 heterocycles. The van der Waals surface area contributed by atoms with Crippen LogP contribution < -0.4 is 24.6 Å². The van der Waals surface area contributed by atoms with Gasteiger partial charge in [-0.2, -0.15) is 5.10 Å². The second-order valence-electron chi connectivity index (χ2n) is 10.4. The van der Waals surface area contributed by atoms with Gasteiger partial charge < -0.3 is 14.2 Å². The number of thiazole rings is 1. The molecule has 1 fully saturated rings. The van der Waals surface area contributed by atoms with Crippen LogP contribution in [0.2, 0.25) is 0 Å². The molecule has 0 radical (unpaired) electrons. The number of fused-ring (bicyclic) bond motifs is 2. The summed E-state index contributed by atoms with van der Waals surface area (Å²) in [4.78, 5) is 19.2. The summed E-state index contributed by atoms with van der Waals surface area (Å²) >= 11 is 1.43. The highest BCUT2D eigenvalue weighted by Gasteiger charge is 2.34. The lowest BCUT2D eigenvalue weighted by atomic mass is 9.95. The number of methoxy groups -OCH3 is 3. The lowest BCUT2D eigenvalue weighted by molar-refractivity contribution is 0.324. The highest BCUT2D eigenvalue weighted by atomic mass is 32.1. The summed E-state index contributed by atoms with van der Waals surface area (Å²) in [6.07, 6.45) is 8.96. The van der Waals surface area contributed by atoms with Crippen LogP contribution in [-0.2, 0) is 7.05 Å². The molecule has 9 nitrogen and oxygen atoms in total. The van der Waals surface area contributed by atoms with E-state index < -0.39 is 0 Å². The molecular weight excluding hydrogens is 538 g/mol. The first-order valence-corrected chi connectivity index (χ1v) is 14.4. The van der Waals surface area contributed by atoms with Gasteiger partial charge in [0.2, 0.25) is 10.6 Å². The Balaban J connectivity index is 1.52. The van der Waals surface area contributed by atoms with E-state index in [1.165, 1.54) is 17.8 Å². The van der Waals surface area contributed by atoms with Crippen molar-refractivity contribution in [1.82, 2.24) is 14.0 Å². The normalized spacial score (nSPS) is 19.9. The lowest BCUT2D eigenvalue weighted by Crippen LogP contribution is -2.20. The van der Waals surface area contributed by atoms with E-state index >= 15 is 0 Å². The number of ether oxygens (including phenoxy) is 3. The number of benzene rings is 2. The number of para-hydroxylation sites is 1. The van der Waals surface area contributed by atoms with Crippen LogP contribution in [0.25, 0.3) is 16.9 Å². The Morgan fingerprint density at radius 3 is 2.34 bits per heavy atom. The smallest absolute Gasteiger partial charge is 0.297 e. The van der Waals surface area contributed by atoms with Crippen molar-refractivity contribution in [2.75, 3.05) is 21.3 Å². The molecule has 6 rings (SSSR count). The van der Waals surface area contributed by atoms with Crippen molar-refractivity contribution in [3.8, 4) is 34.2 Å². The minimum atomic E-state index is -0.187. The zero-order valence-electron chi connectivity index (χ0n) is 23.8. The third-order valence-electron chi connectivity index (χ3n) is 8.08. The minimum absolute atomic E-state index is 0.187. The summed E-state index contributed by atoms with van der Waals surface area (Å²) in [6.45, 7) is 1.91. The van der Waals surface area contributed by atoms with Crippen LogP contribution in [0.15, 0.2) is 74.9 Å². The second-order valence-corrected chi connectivity index (χ2v) is 11.2. The molecule has 0 amide bonds. The van der Waals surface area contributed by atoms with E-state index in [9.17, 15) is 4.79 Å². The molecule has 2 aromatic carbocycles. The Bertz CT molecular complexity index is 1750. The third kappa shape index (κ3) is 4.72. The highest BCUT2D eigenvalue weighted by molar-refractivity contribution is 7.07. The molecule has 2 aliphatic carbocycles. The van der Waals surface area contributed by atoms with Crippen LogP contribution >= 0.6 is 11.3 Å². The number of nitrogens with zero attached hydrogens (tertiary/aromatic N) is 5. The summed E-state index contributed by atoms with van der Waals surface area (Å²) in [6, 6.07) is 13.4. The van der Waals surface area contributed by atoms with E-state index in [4.69, 9.17) is 24.3 Å². The average molecular weight is 572 g/mol. The van der Waals surface area contributed by atoms with Crippen molar-refractivity contribution >= 4 is 23.2 Å². The summed E-state index contributed by atoms with van der Waals surface area (Å²) in [5.74, 6) is 3.12. The number of aromatic nitrogens is 3. The maximum absolute atomic E-state index is 13.6. The number of rotatable bonds is 8. The summed E-state index contributed by atoms with van der Waals surface area (Å²) < 4.78 is 22.1. The highest BCUT2D eigenvalue weighted by Crippen LogP contribution is 2.43. The molecule has 0 aliphatic heterocycles. The fourth-order valence-corrected chi connectivity index (χ4v) is 6.68. The monoisotopic (exact) mass is 571 g/mol. The van der Waals surface area contributed by atoms with Crippen molar-refractivity contribution < 1.29 is 14.2 Å². The van der Waals surface area contributed by atoms with E-state index in [1.807, 2.05) is 77.4 Å². The predicted octanol–water partition coefficient (Wildman–Crippen LogP) is 5.32. The molecule has 0 spiro atoms. The molecule has 41 heavy (non-hydrogen) atoms. The van der Waals surface area contributed by atoms with Crippen molar-refractivity contribution in [3.63, 3.8) is 0 Å². The Morgan fingerprint density at radius 1 is 1.00 bits per heavy atom. The summed E-state index contributed by atoms with van der Waals surface area (Å²) in [7, 11) is 6.65. The van der Waals surface area contributed by atoms with Gasteiger partial charge in [-0.15, -0.1) is 11.3 Å². The average Bonchev–Trinajstić information content (AvgIpc) is 3.77. The Labute approximate surface area is 242 Å². The zero-order chi connectivity index (χ0) is 28.7. The Kier molecular flexibility index (Phi) is 7.17.